The summed E-state index contributed by atoms with van der Waals surface area (Å²) in [5.41, 5.74) is 0.649. The number of halogens is 1. The number of hydrogen-bond donors (Lipinski definition) is 0. The molecular weight excluding hydrogens is 182 g/mol. The summed E-state index contributed by atoms with van der Waals surface area (Å²) in [7, 11) is 0. The number of nitrogens with zero attached hydrogens (tertiary/aromatic N) is 1. The highest BCUT2D eigenvalue weighted by atomic mass is 35.5. The van der Waals surface area contributed by atoms with Crippen LogP contribution in [0.5, 0.6) is 0 Å². The van der Waals surface area contributed by atoms with E-state index >= 15 is 0 Å². The Balaban J connectivity index is 2.86. The van der Waals surface area contributed by atoms with E-state index in [1.807, 2.05) is 0 Å². The van der Waals surface area contributed by atoms with Crippen LogP contribution in [0.2, 0.25) is 4.34 Å². The number of aromatic nitrogens is 1. The van der Waals surface area contributed by atoms with Gasteiger partial charge in [-0.05, 0) is 18.6 Å². The molecule has 1 aromatic heterocycles. The monoisotopic (exact) mass is 187 g/mol. The Bertz CT molecular complexity index is 292. The molecule has 0 N–H and O–H groups in total. The van der Waals surface area contributed by atoms with Crippen molar-refractivity contribution in [1.82, 2.24) is 4.98 Å². The summed E-state index contributed by atoms with van der Waals surface area (Å²) in [6.45, 7) is 1.72. The van der Waals surface area contributed by atoms with Gasteiger partial charge in [0.1, 0.15) is 15.6 Å². The van der Waals surface area contributed by atoms with Crippen LogP contribution in [0, 0.1) is 0 Å². The summed E-state index contributed by atoms with van der Waals surface area (Å²) in [6, 6.07) is 0. The molecule has 1 aromatic rings. The lowest BCUT2D eigenvalue weighted by atomic mass is 10.3. The first kappa shape index (κ1) is 8.43. The van der Waals surface area contributed by atoms with Gasteiger partial charge < -0.3 is 0 Å². The second-order valence-electron chi connectivity index (χ2n) is 2.01. The highest BCUT2D eigenvalue weighted by Gasteiger charge is 1.95. The molecule has 0 aliphatic heterocycles. The maximum absolute atomic E-state index is 10.2. The number of hydrogen-bond acceptors (Lipinski definition) is 3. The van der Waals surface area contributed by atoms with E-state index in [2.05, 4.69) is 4.98 Å². The average molecular weight is 188 g/mol. The lowest BCUT2D eigenvalue weighted by molar-refractivity contribution is -0.104. The molecule has 0 unspecified atom stereocenters. The number of carbonyl (C=O) groups is 1. The van der Waals surface area contributed by atoms with E-state index in [9.17, 15) is 4.79 Å². The van der Waals surface area contributed by atoms with Crippen molar-refractivity contribution in [3.05, 3.63) is 21.1 Å². The van der Waals surface area contributed by atoms with Gasteiger partial charge in [0, 0.05) is 0 Å². The van der Waals surface area contributed by atoms with Gasteiger partial charge in [0.2, 0.25) is 0 Å². The van der Waals surface area contributed by atoms with Crippen molar-refractivity contribution >= 4 is 35.3 Å². The molecule has 0 radical (unpaired) electrons. The zero-order chi connectivity index (χ0) is 8.27. The Labute approximate surface area is 73.5 Å². The second kappa shape index (κ2) is 3.64. The SMILES string of the molecule is C/C(C=O)=C/c1ncc(Cl)s1. The Kier molecular flexibility index (Phi) is 2.79. The normalized spacial score (nSPS) is 11.6. The molecule has 0 bridgehead atoms. The van der Waals surface area contributed by atoms with E-state index in [1.54, 1.807) is 19.2 Å². The van der Waals surface area contributed by atoms with Crippen LogP contribution in [0.15, 0.2) is 11.8 Å². The van der Waals surface area contributed by atoms with Crippen molar-refractivity contribution in [2.75, 3.05) is 0 Å². The largest absolute Gasteiger partial charge is 0.298 e. The van der Waals surface area contributed by atoms with Gasteiger partial charge in [-0.3, -0.25) is 4.79 Å². The Hall–Kier alpha value is -0.670. The fraction of sp³-hybridized carbons (Fsp3) is 0.143. The van der Waals surface area contributed by atoms with Gasteiger partial charge in [-0.15, -0.1) is 11.3 Å². The molecule has 0 aliphatic carbocycles. The molecule has 0 aliphatic rings. The summed E-state index contributed by atoms with van der Waals surface area (Å²) >= 11 is 6.98. The Morgan fingerprint density at radius 3 is 3.00 bits per heavy atom. The molecule has 58 valence electrons. The second-order valence-corrected chi connectivity index (χ2v) is 3.70. The van der Waals surface area contributed by atoms with Crippen LogP contribution < -0.4 is 0 Å². The lowest BCUT2D eigenvalue weighted by Crippen LogP contribution is -1.75. The predicted molar refractivity (Wildman–Crippen MR) is 46.8 cm³/mol. The minimum atomic E-state index is 0.634. The highest BCUT2D eigenvalue weighted by Crippen LogP contribution is 2.19. The molecule has 4 heteroatoms. The first-order valence-electron chi connectivity index (χ1n) is 2.97. The van der Waals surface area contributed by atoms with Crippen LogP contribution in [0.4, 0.5) is 0 Å². The summed E-state index contributed by atoms with van der Waals surface area (Å²) in [6.07, 6.45) is 4.05. The van der Waals surface area contributed by atoms with Crippen LogP contribution in [-0.4, -0.2) is 11.3 Å². The molecule has 11 heavy (non-hydrogen) atoms. The van der Waals surface area contributed by atoms with E-state index in [1.165, 1.54) is 11.3 Å². The number of aldehydes is 1. The Morgan fingerprint density at radius 1 is 1.82 bits per heavy atom. The molecule has 1 heterocycles. The first-order chi connectivity index (χ1) is 5.22. The van der Waals surface area contributed by atoms with Gasteiger partial charge in [-0.1, -0.05) is 11.6 Å². The van der Waals surface area contributed by atoms with Crippen molar-refractivity contribution < 1.29 is 4.79 Å². The van der Waals surface area contributed by atoms with Gasteiger partial charge in [0.05, 0.1) is 6.20 Å². The fourth-order valence-corrected chi connectivity index (χ4v) is 1.50. The van der Waals surface area contributed by atoms with Crippen LogP contribution in [-0.2, 0) is 4.79 Å². The predicted octanol–water partition coefficient (Wildman–Crippen LogP) is 2.40. The van der Waals surface area contributed by atoms with Crippen molar-refractivity contribution in [2.24, 2.45) is 0 Å². The van der Waals surface area contributed by atoms with E-state index < -0.39 is 0 Å². The van der Waals surface area contributed by atoms with Crippen LogP contribution >= 0.6 is 22.9 Å². The number of thiazole rings is 1. The van der Waals surface area contributed by atoms with E-state index in [-0.39, 0.29) is 0 Å². The quantitative estimate of drug-likeness (QED) is 0.526. The summed E-state index contributed by atoms with van der Waals surface area (Å²) in [5.74, 6) is 0. The molecular formula is C7H6ClNOS. The topological polar surface area (TPSA) is 30.0 Å². The molecule has 0 aromatic carbocycles. The summed E-state index contributed by atoms with van der Waals surface area (Å²) in [5, 5.41) is 0.764. The van der Waals surface area contributed by atoms with Crippen LogP contribution in [0.1, 0.15) is 11.9 Å². The van der Waals surface area contributed by atoms with Crippen molar-refractivity contribution in [3.8, 4) is 0 Å². The summed E-state index contributed by atoms with van der Waals surface area (Å²) in [4.78, 5) is 14.1. The summed E-state index contributed by atoms with van der Waals surface area (Å²) < 4.78 is 0.634. The molecule has 0 atom stereocenters. The van der Waals surface area contributed by atoms with Gasteiger partial charge >= 0.3 is 0 Å². The standard InChI is InChI=1S/C7H6ClNOS/c1-5(4-10)2-7-9-3-6(8)11-7/h2-4H,1H3/b5-2-. The Morgan fingerprint density at radius 2 is 2.55 bits per heavy atom. The molecule has 0 spiro atoms. The third kappa shape index (κ3) is 2.44. The maximum atomic E-state index is 10.2. The molecule has 0 saturated heterocycles. The van der Waals surface area contributed by atoms with Gasteiger partial charge in [-0.2, -0.15) is 0 Å². The minimum Gasteiger partial charge on any atom is -0.298 e. The zero-order valence-electron chi connectivity index (χ0n) is 5.87. The van der Waals surface area contributed by atoms with Gasteiger partial charge in [0.25, 0.3) is 0 Å². The van der Waals surface area contributed by atoms with Crippen molar-refractivity contribution in [1.29, 1.82) is 0 Å². The van der Waals surface area contributed by atoms with Crippen molar-refractivity contribution in [3.63, 3.8) is 0 Å². The number of rotatable bonds is 2. The van der Waals surface area contributed by atoms with Gasteiger partial charge in [-0.25, -0.2) is 4.98 Å². The average Bonchev–Trinajstić information content (AvgIpc) is 2.35. The van der Waals surface area contributed by atoms with E-state index in [0.29, 0.717) is 9.91 Å². The third-order valence-corrected chi connectivity index (χ3v) is 2.09. The molecule has 0 amide bonds. The fourth-order valence-electron chi connectivity index (χ4n) is 0.562. The van der Waals surface area contributed by atoms with E-state index in [0.717, 1.165) is 11.3 Å². The smallest absolute Gasteiger partial charge is 0.145 e. The minimum absolute atomic E-state index is 0.634. The maximum Gasteiger partial charge on any atom is 0.145 e. The van der Waals surface area contributed by atoms with E-state index in [4.69, 9.17) is 11.6 Å². The van der Waals surface area contributed by atoms with Gasteiger partial charge in [0.15, 0.2) is 0 Å². The molecule has 0 fully saturated rings. The molecule has 1 rings (SSSR count). The number of allylic oxidation sites excluding steroid dienone is 1. The highest BCUT2D eigenvalue weighted by molar-refractivity contribution is 7.16. The van der Waals surface area contributed by atoms with Crippen LogP contribution in [0.3, 0.4) is 0 Å². The third-order valence-electron chi connectivity index (χ3n) is 1.03. The first-order valence-corrected chi connectivity index (χ1v) is 4.16. The van der Waals surface area contributed by atoms with Crippen LogP contribution in [0.25, 0.3) is 6.08 Å². The zero-order valence-corrected chi connectivity index (χ0v) is 7.45. The number of carbonyl (C=O) groups excluding carboxylic acids is 1. The lowest BCUT2D eigenvalue weighted by Gasteiger charge is -1.82. The van der Waals surface area contributed by atoms with Crippen molar-refractivity contribution in [2.45, 2.75) is 6.92 Å². The molecule has 2 nitrogen and oxygen atoms in total. The molecule has 0 saturated carbocycles.